The van der Waals surface area contributed by atoms with Crippen LogP contribution in [0.1, 0.15) is 28.8 Å². The van der Waals surface area contributed by atoms with Crippen molar-refractivity contribution in [3.05, 3.63) is 58.6 Å². The van der Waals surface area contributed by atoms with Crippen molar-refractivity contribution in [2.24, 2.45) is 11.7 Å². The summed E-state index contributed by atoms with van der Waals surface area (Å²) in [6, 6.07) is 10.9. The zero-order chi connectivity index (χ0) is 22.1. The Morgan fingerprint density at radius 1 is 1.10 bits per heavy atom. The summed E-state index contributed by atoms with van der Waals surface area (Å²) in [7, 11) is -2.36. The van der Waals surface area contributed by atoms with Crippen molar-refractivity contribution in [1.82, 2.24) is 4.90 Å². The van der Waals surface area contributed by atoms with E-state index in [0.717, 1.165) is 5.56 Å². The fraction of sp³-hybridized carbons (Fsp3) is 0.333. The van der Waals surface area contributed by atoms with Gasteiger partial charge in [0, 0.05) is 36.6 Å². The topological polar surface area (TPSA) is 101 Å². The molecule has 2 aromatic rings. The largest absolute Gasteiger partial charge is 0.369 e. The van der Waals surface area contributed by atoms with E-state index < -0.39 is 10.0 Å². The van der Waals surface area contributed by atoms with Crippen molar-refractivity contribution in [2.75, 3.05) is 24.4 Å². The lowest BCUT2D eigenvalue weighted by Crippen LogP contribution is -2.41. The fourth-order valence-corrected chi connectivity index (χ4v) is 4.90. The number of nitrogens with zero attached hydrogens (tertiary/aromatic N) is 2. The number of halogens is 1. The zero-order valence-corrected chi connectivity index (χ0v) is 18.4. The number of anilines is 1. The van der Waals surface area contributed by atoms with Gasteiger partial charge in [-0.1, -0.05) is 17.7 Å². The van der Waals surface area contributed by atoms with Gasteiger partial charge in [-0.05, 0) is 61.7 Å². The molecule has 2 N–H and O–H groups in total. The molecule has 9 heteroatoms. The molecule has 1 saturated heterocycles. The highest BCUT2D eigenvalue weighted by atomic mass is 35.5. The van der Waals surface area contributed by atoms with Gasteiger partial charge >= 0.3 is 0 Å². The number of likely N-dealkylation sites (tertiary alicyclic amines) is 1. The number of amides is 2. The van der Waals surface area contributed by atoms with E-state index in [1.807, 2.05) is 0 Å². The van der Waals surface area contributed by atoms with Crippen LogP contribution in [0.15, 0.2) is 47.4 Å². The maximum Gasteiger partial charge on any atom is 0.264 e. The van der Waals surface area contributed by atoms with E-state index in [9.17, 15) is 18.0 Å². The average molecular weight is 450 g/mol. The van der Waals surface area contributed by atoms with E-state index in [0.29, 0.717) is 42.2 Å². The number of benzene rings is 2. The van der Waals surface area contributed by atoms with Crippen LogP contribution in [0.5, 0.6) is 0 Å². The Kier molecular flexibility index (Phi) is 6.38. The molecule has 0 aliphatic carbocycles. The SMILES string of the molecule is Cc1ccc(C(=O)N2CCC(C(N)=O)CC2)cc1N(C)S(=O)(=O)c1ccc(Cl)cc1. The van der Waals surface area contributed by atoms with Crippen molar-refractivity contribution in [1.29, 1.82) is 0 Å². The quantitative estimate of drug-likeness (QED) is 0.758. The van der Waals surface area contributed by atoms with Gasteiger partial charge in [0.25, 0.3) is 15.9 Å². The van der Waals surface area contributed by atoms with Crippen LogP contribution in [0.2, 0.25) is 5.02 Å². The molecule has 1 aliphatic rings. The summed E-state index contributed by atoms with van der Waals surface area (Å²) in [6.45, 7) is 2.67. The van der Waals surface area contributed by atoms with E-state index in [1.54, 1.807) is 30.0 Å². The lowest BCUT2D eigenvalue weighted by atomic mass is 9.95. The molecule has 3 rings (SSSR count). The first kappa shape index (κ1) is 22.1. The molecule has 1 aliphatic heterocycles. The van der Waals surface area contributed by atoms with Crippen molar-refractivity contribution in [3.63, 3.8) is 0 Å². The van der Waals surface area contributed by atoms with E-state index in [2.05, 4.69) is 0 Å². The third-order valence-corrected chi connectivity index (χ3v) is 7.49. The highest BCUT2D eigenvalue weighted by Gasteiger charge is 2.28. The van der Waals surface area contributed by atoms with Crippen LogP contribution in [0.25, 0.3) is 0 Å². The average Bonchev–Trinajstić information content (AvgIpc) is 2.73. The highest BCUT2D eigenvalue weighted by Crippen LogP contribution is 2.28. The summed E-state index contributed by atoms with van der Waals surface area (Å²) in [6.07, 6.45) is 1.06. The molecule has 1 heterocycles. The number of rotatable bonds is 5. The number of sulfonamides is 1. The van der Waals surface area contributed by atoms with Crippen molar-refractivity contribution in [3.8, 4) is 0 Å². The van der Waals surface area contributed by atoms with Gasteiger partial charge in [-0.3, -0.25) is 13.9 Å². The minimum absolute atomic E-state index is 0.110. The molecule has 0 bridgehead atoms. The molecule has 1 fully saturated rings. The second-order valence-electron chi connectivity index (χ2n) is 7.40. The van der Waals surface area contributed by atoms with Crippen molar-refractivity contribution < 1.29 is 18.0 Å². The predicted molar refractivity (Wildman–Crippen MR) is 116 cm³/mol. The number of nitrogens with two attached hydrogens (primary N) is 1. The molecule has 0 radical (unpaired) electrons. The summed E-state index contributed by atoms with van der Waals surface area (Å²) in [5, 5.41) is 0.445. The smallest absolute Gasteiger partial charge is 0.264 e. The summed E-state index contributed by atoms with van der Waals surface area (Å²) in [5.41, 5.74) is 6.89. The maximum atomic E-state index is 13.0. The summed E-state index contributed by atoms with van der Waals surface area (Å²) < 4.78 is 27.2. The Bertz CT molecular complexity index is 1060. The second-order valence-corrected chi connectivity index (χ2v) is 9.80. The highest BCUT2D eigenvalue weighted by molar-refractivity contribution is 7.92. The first-order chi connectivity index (χ1) is 14.1. The molecule has 0 unspecified atom stereocenters. The molecule has 0 spiro atoms. The van der Waals surface area contributed by atoms with Crippen molar-refractivity contribution in [2.45, 2.75) is 24.7 Å². The van der Waals surface area contributed by atoms with Crippen LogP contribution in [0, 0.1) is 12.8 Å². The molecule has 7 nitrogen and oxygen atoms in total. The zero-order valence-electron chi connectivity index (χ0n) is 16.8. The van der Waals surface area contributed by atoms with E-state index in [-0.39, 0.29) is 22.6 Å². The fourth-order valence-electron chi connectivity index (χ4n) is 3.53. The number of hydrogen-bond donors (Lipinski definition) is 1. The maximum absolute atomic E-state index is 13.0. The van der Waals surface area contributed by atoms with Gasteiger partial charge < -0.3 is 10.6 Å². The third-order valence-electron chi connectivity index (χ3n) is 5.45. The summed E-state index contributed by atoms with van der Waals surface area (Å²) in [5.74, 6) is -0.747. The van der Waals surface area contributed by atoms with Gasteiger partial charge in [0.2, 0.25) is 5.91 Å². The first-order valence-corrected chi connectivity index (χ1v) is 11.4. The number of piperidine rings is 1. The number of primary amides is 1. The monoisotopic (exact) mass is 449 g/mol. The standard InChI is InChI=1S/C21H24ClN3O4S/c1-14-3-4-16(21(27)25-11-9-15(10-12-25)20(23)26)13-19(14)24(2)30(28,29)18-7-5-17(22)6-8-18/h3-8,13,15H,9-12H2,1-2H3,(H2,23,26). The van der Waals surface area contributed by atoms with E-state index >= 15 is 0 Å². The Hall–Kier alpha value is -2.58. The Morgan fingerprint density at radius 2 is 1.70 bits per heavy atom. The van der Waals surface area contributed by atoms with Gasteiger partial charge in [-0.2, -0.15) is 0 Å². The van der Waals surface area contributed by atoms with Crippen LogP contribution in [0.3, 0.4) is 0 Å². The predicted octanol–water partition coefficient (Wildman–Crippen LogP) is 2.81. The number of hydrogen-bond acceptors (Lipinski definition) is 4. The summed E-state index contributed by atoms with van der Waals surface area (Å²) in [4.78, 5) is 26.1. The minimum Gasteiger partial charge on any atom is -0.369 e. The van der Waals surface area contributed by atoms with Gasteiger partial charge in [-0.15, -0.1) is 0 Å². The molecule has 2 aromatic carbocycles. The Labute approximate surface area is 181 Å². The van der Waals surface area contributed by atoms with E-state index in [1.165, 1.54) is 35.6 Å². The summed E-state index contributed by atoms with van der Waals surface area (Å²) >= 11 is 5.86. The molecule has 2 amide bonds. The van der Waals surface area contributed by atoms with Crippen LogP contribution in [-0.4, -0.2) is 45.3 Å². The third kappa shape index (κ3) is 4.44. The Balaban J connectivity index is 1.85. The minimum atomic E-state index is -3.82. The van der Waals surface area contributed by atoms with Crippen LogP contribution in [-0.2, 0) is 14.8 Å². The Morgan fingerprint density at radius 3 is 2.27 bits per heavy atom. The van der Waals surface area contributed by atoms with Crippen LogP contribution in [0.4, 0.5) is 5.69 Å². The molecular formula is C21H24ClN3O4S. The van der Waals surface area contributed by atoms with Gasteiger partial charge in [0.1, 0.15) is 0 Å². The van der Waals surface area contributed by atoms with E-state index in [4.69, 9.17) is 17.3 Å². The van der Waals surface area contributed by atoms with Crippen molar-refractivity contribution >= 4 is 39.1 Å². The molecule has 0 aromatic heterocycles. The van der Waals surface area contributed by atoms with Crippen LogP contribution >= 0.6 is 11.6 Å². The molecule has 30 heavy (non-hydrogen) atoms. The number of carbonyl (C=O) groups excluding carboxylic acids is 2. The first-order valence-electron chi connectivity index (χ1n) is 9.55. The van der Waals surface area contributed by atoms with Gasteiger partial charge in [0.15, 0.2) is 0 Å². The normalized spacial score (nSPS) is 15.1. The number of aryl methyl sites for hydroxylation is 1. The molecule has 0 atom stereocenters. The van der Waals surface area contributed by atoms with Crippen LogP contribution < -0.4 is 10.0 Å². The molecular weight excluding hydrogens is 426 g/mol. The van der Waals surface area contributed by atoms with Gasteiger partial charge in [0.05, 0.1) is 10.6 Å². The lowest BCUT2D eigenvalue weighted by Gasteiger charge is -2.31. The molecule has 0 saturated carbocycles. The van der Waals surface area contributed by atoms with Gasteiger partial charge in [-0.25, -0.2) is 8.42 Å². The number of carbonyl (C=O) groups is 2. The second kappa shape index (κ2) is 8.65. The molecule has 160 valence electrons. The lowest BCUT2D eigenvalue weighted by molar-refractivity contribution is -0.123.